The van der Waals surface area contributed by atoms with Crippen molar-refractivity contribution in [1.29, 1.82) is 0 Å². The summed E-state index contributed by atoms with van der Waals surface area (Å²) in [5.74, 6) is -2.41. The fraction of sp³-hybridized carbons (Fsp3) is 0.583. The zero-order valence-corrected chi connectivity index (χ0v) is 77.1. The van der Waals surface area contributed by atoms with E-state index in [9.17, 15) is 53.4 Å². The van der Waals surface area contributed by atoms with Gasteiger partial charge in [0.05, 0.1) is 61.8 Å². The number of carboxylic acid groups (broad SMARTS) is 2. The standard InChI is InChI=1S/C50H64N8O8S.C46H61N7O8S/c1-29(2)51-48-54-39(28-67-48)38-24-41(35-19-18-32(65-6)22-37(35)52-38)66-33-23-40-43(59)56-50(46(62)63)25-31(50)15-10-8-7-9-11-17-36(45(61)58(40)26-33)53-47(64)55-42(49(3,4)5)27-57-21-20-30-14-12-13-16-34(30)44(57)60;1-26(2)47-45-50-36(25-62-45)35-22-38(32-19-18-30(60-3)20-34(32)48-35)61-31-21-37-41(55)52-46(43(57)58)23-29(46)14-10-5-4-6-11-15-33(42(56)53(37)24-31)49-44(59)51-39(40(54)28-16-17-28)27-12-8-7-9-13-27/h12-14,16,18-19,22,24,28-29,31,33,36,40,42H,7-11,15,17,20-21,23,25-27H2,1-6H3,(H,51,54)(H,56,59)(H,62,63)(H2,53,55,64);18-20,22,25-29,31,33,37,39H,4-17,21,23-24H2,1-3H3,(H,47,50)(H,52,55)(H,57,58)(H2,49,51,59)/t31?,33-,36+,40+,42-,50-;29?,31-,33+,37+,39+,46-/m11/s1. The summed E-state index contributed by atoms with van der Waals surface area (Å²) in [5, 5.41) is 52.1. The number of aliphatic carboxylic acids is 2. The van der Waals surface area contributed by atoms with E-state index in [0.717, 1.165) is 112 Å². The first-order valence-corrected chi connectivity index (χ1v) is 48.2. The maximum atomic E-state index is 15.1. The molecule has 31 nitrogen and oxygen atoms in total. The van der Waals surface area contributed by atoms with Crippen LogP contribution in [0.3, 0.4) is 0 Å². The number of pyridine rings is 2. The van der Waals surface area contributed by atoms with Crippen LogP contribution in [0.5, 0.6) is 23.0 Å². The Balaban J connectivity index is 0.000000199. The second-order valence-corrected chi connectivity index (χ2v) is 40.1. The number of nitrogens with one attached hydrogen (secondary N) is 8. The van der Waals surface area contributed by atoms with Crippen LogP contribution < -0.4 is 61.5 Å². The lowest BCUT2D eigenvalue weighted by molar-refractivity contribution is -0.146. The molecule has 4 saturated carbocycles. The molecule has 4 aromatic heterocycles. The van der Waals surface area contributed by atoms with E-state index < -0.39 is 113 Å². The molecule has 0 bridgehead atoms. The van der Waals surface area contributed by atoms with Gasteiger partial charge in [0.25, 0.3) is 5.91 Å². The third kappa shape index (κ3) is 21.9. The van der Waals surface area contributed by atoms with Crippen LogP contribution >= 0.6 is 22.7 Å². The molecule has 33 heteroatoms. The SMILES string of the molecule is COc1ccc2c(O[C@@H]3C[C@H]4C(=O)N[C@]5(C(=O)O)CC5CCCCCCC[C@H](NC(=O)N[C@H](C(=O)C5CC5)C5CCCCC5)C(=O)N4C3)cc(-c3csc(NC(C)C)n3)nc2c1.COc1ccc2c(O[C@@H]3C[C@H]4C(=O)N[C@]5(C(=O)O)CC5CCCCCCC[C@H](NC(=O)N[C@H](CN5CCc6ccccc6C5=O)C(C)(C)C)C(=O)N4C3)cc(-c3csc(NC(C)C)n3)nc2c1. The van der Waals surface area contributed by atoms with Crippen molar-refractivity contribution in [1.82, 2.24) is 66.5 Å². The lowest BCUT2D eigenvalue weighted by Gasteiger charge is -2.38. The fourth-order valence-electron chi connectivity index (χ4n) is 19.6. The summed E-state index contributed by atoms with van der Waals surface area (Å²) in [5.41, 5.74) is 2.03. The van der Waals surface area contributed by atoms with E-state index in [1.165, 1.54) is 32.5 Å². The molecular weight excluding hydrogens is 1680 g/mol. The van der Waals surface area contributed by atoms with E-state index in [1.807, 2.05) is 132 Å². The zero-order chi connectivity index (χ0) is 91.2. The van der Waals surface area contributed by atoms with Crippen molar-refractivity contribution in [2.45, 2.75) is 287 Å². The van der Waals surface area contributed by atoms with E-state index in [-0.39, 0.29) is 79.9 Å². The summed E-state index contributed by atoms with van der Waals surface area (Å²) in [6.07, 6.45) is 17.0. The molecule has 9 aliphatic rings. The molecule has 16 rings (SSSR count). The molecule has 8 fully saturated rings. The highest BCUT2D eigenvalue weighted by atomic mass is 32.1. The number of anilines is 2. The first-order chi connectivity index (χ1) is 61.9. The normalized spacial score (nSPS) is 25.3. The summed E-state index contributed by atoms with van der Waals surface area (Å²) in [6.45, 7) is 15.0. The van der Waals surface area contributed by atoms with Gasteiger partial charge in [0.1, 0.15) is 81.8 Å². The maximum absolute atomic E-state index is 15.1. The Bertz CT molecular complexity index is 5300. The lowest BCUT2D eigenvalue weighted by atomic mass is 9.81. The number of ether oxygens (including phenoxy) is 4. The molecule has 0 radical (unpaired) electrons. The van der Waals surface area contributed by atoms with E-state index in [0.29, 0.717) is 137 Å². The number of rotatable bonds is 23. The molecule has 7 aromatic rings. The maximum Gasteiger partial charge on any atom is 0.329 e. The quantitative estimate of drug-likeness (QED) is 0.0284. The number of thiazole rings is 2. The van der Waals surface area contributed by atoms with Gasteiger partial charge in [-0.15, -0.1) is 22.7 Å². The number of hydrogen-bond acceptors (Lipinski definition) is 22. The van der Waals surface area contributed by atoms with Gasteiger partial charge in [-0.2, -0.15) is 0 Å². The second-order valence-electron chi connectivity index (χ2n) is 38.4. The van der Waals surface area contributed by atoms with Crippen molar-refractivity contribution in [3.8, 4) is 45.8 Å². The minimum absolute atomic E-state index is 0.00214. The molecule has 129 heavy (non-hydrogen) atoms. The van der Waals surface area contributed by atoms with Gasteiger partial charge >= 0.3 is 24.0 Å². The third-order valence-corrected chi connectivity index (χ3v) is 28.7. The Morgan fingerprint density at radius 1 is 0.550 bits per heavy atom. The molecule has 692 valence electrons. The van der Waals surface area contributed by atoms with E-state index in [1.54, 1.807) is 19.1 Å². The van der Waals surface area contributed by atoms with Crippen molar-refractivity contribution in [2.75, 3.05) is 51.0 Å². The topological polar surface area (TPSA) is 406 Å². The van der Waals surface area contributed by atoms with Gasteiger partial charge in [-0.25, -0.2) is 39.1 Å². The summed E-state index contributed by atoms with van der Waals surface area (Å²) in [7, 11) is 3.17. The monoisotopic (exact) mass is 1810 g/mol. The molecule has 4 aliphatic carbocycles. The molecule has 4 saturated heterocycles. The smallest absolute Gasteiger partial charge is 0.329 e. The Hall–Kier alpha value is -11.0. The number of Topliss-reactive ketones (excluding diaryl/α,β-unsaturated/α-hetero) is 1. The summed E-state index contributed by atoms with van der Waals surface area (Å²) < 4.78 is 24.7. The fourth-order valence-corrected chi connectivity index (χ4v) is 21.3. The number of amides is 9. The van der Waals surface area contributed by atoms with Crippen LogP contribution in [0.25, 0.3) is 44.6 Å². The van der Waals surface area contributed by atoms with Crippen LogP contribution in [0.4, 0.5) is 19.9 Å². The van der Waals surface area contributed by atoms with Gasteiger partial charge in [0, 0.05) is 95.3 Å². The second kappa shape index (κ2) is 40.2. The molecule has 5 aliphatic heterocycles. The number of methoxy groups -OCH3 is 2. The number of nitrogens with zero attached hydrogens (tertiary/aromatic N) is 7. The number of fused-ring (bicyclic) bond motifs is 7. The Morgan fingerprint density at radius 2 is 1.00 bits per heavy atom. The minimum Gasteiger partial charge on any atom is -0.497 e. The number of carbonyl (C=O) groups excluding carboxylic acids is 8. The van der Waals surface area contributed by atoms with Gasteiger partial charge in [-0.1, -0.05) is 122 Å². The highest BCUT2D eigenvalue weighted by Gasteiger charge is 2.64. The first kappa shape index (κ1) is 92.7. The Morgan fingerprint density at radius 3 is 1.46 bits per heavy atom. The number of hydrogen-bond donors (Lipinski definition) is 10. The number of carbonyl (C=O) groups is 10. The average molecular weight is 1810 g/mol. The number of aromatic nitrogens is 4. The summed E-state index contributed by atoms with van der Waals surface area (Å²) in [4.78, 5) is 164. The highest BCUT2D eigenvalue weighted by molar-refractivity contribution is 7.14. The molecule has 2 unspecified atom stereocenters. The largest absolute Gasteiger partial charge is 0.497 e. The van der Waals surface area contributed by atoms with Gasteiger partial charge in [0.15, 0.2) is 16.0 Å². The van der Waals surface area contributed by atoms with Gasteiger partial charge in [0.2, 0.25) is 23.6 Å². The molecule has 12 atom stereocenters. The summed E-state index contributed by atoms with van der Waals surface area (Å²) >= 11 is 2.93. The van der Waals surface area contributed by atoms with Crippen molar-refractivity contribution >= 4 is 114 Å². The van der Waals surface area contributed by atoms with Crippen molar-refractivity contribution in [3.05, 3.63) is 94.7 Å². The minimum atomic E-state index is -1.41. The molecule has 9 heterocycles. The van der Waals surface area contributed by atoms with Crippen LogP contribution in [-0.2, 0) is 40.0 Å². The molecule has 10 N–H and O–H groups in total. The Labute approximate surface area is 761 Å². The van der Waals surface area contributed by atoms with Crippen molar-refractivity contribution < 1.29 is 77.1 Å². The number of urea groups is 2. The molecule has 9 amide bonds. The number of ketones is 1. The van der Waals surface area contributed by atoms with Crippen LogP contribution in [0.2, 0.25) is 0 Å². The van der Waals surface area contributed by atoms with Crippen LogP contribution in [0.1, 0.15) is 225 Å². The predicted molar refractivity (Wildman–Crippen MR) is 492 cm³/mol. The molecule has 0 spiro atoms. The number of benzene rings is 3. The van der Waals surface area contributed by atoms with Crippen LogP contribution in [0, 0.1) is 29.1 Å². The van der Waals surface area contributed by atoms with E-state index in [2.05, 4.69) is 42.5 Å². The number of carboxylic acids is 2. The molecule has 3 aromatic carbocycles. The van der Waals surface area contributed by atoms with Gasteiger partial charge in [-0.3, -0.25) is 28.8 Å². The zero-order valence-electron chi connectivity index (χ0n) is 75.4. The van der Waals surface area contributed by atoms with E-state index >= 15 is 4.79 Å². The van der Waals surface area contributed by atoms with E-state index in [4.69, 9.17) is 38.9 Å². The average Bonchev–Trinajstić information content (AvgIpc) is 1.58. The van der Waals surface area contributed by atoms with Crippen molar-refractivity contribution in [2.24, 2.45) is 29.1 Å². The first-order valence-electron chi connectivity index (χ1n) is 46.5. The highest BCUT2D eigenvalue weighted by Crippen LogP contribution is 2.50. The predicted octanol–water partition coefficient (Wildman–Crippen LogP) is 13.9. The Kier molecular flexibility index (Phi) is 28.9. The van der Waals surface area contributed by atoms with Gasteiger partial charge < -0.3 is 86.4 Å². The molecular formula is C96H125N15O16S2. The summed E-state index contributed by atoms with van der Waals surface area (Å²) in [6, 6.07) is 16.2. The van der Waals surface area contributed by atoms with Crippen LogP contribution in [-0.4, -0.2) is 216 Å². The van der Waals surface area contributed by atoms with Crippen molar-refractivity contribution in [3.63, 3.8) is 0 Å². The third-order valence-electron chi connectivity index (χ3n) is 27.2. The lowest BCUT2D eigenvalue weighted by Crippen LogP contribution is -2.59. The van der Waals surface area contributed by atoms with Gasteiger partial charge in [-0.05, 0) is 157 Å². The van der Waals surface area contributed by atoms with Crippen LogP contribution in [0.15, 0.2) is 83.6 Å².